The third-order valence-electron chi connectivity index (χ3n) is 3.47. The average molecular weight is 247 g/mol. The number of rotatable bonds is 7. The van der Waals surface area contributed by atoms with Crippen LogP contribution in [0.4, 0.5) is 0 Å². The van der Waals surface area contributed by atoms with Crippen molar-refractivity contribution in [2.45, 2.75) is 32.7 Å². The van der Waals surface area contributed by atoms with Crippen LogP contribution in [0.2, 0.25) is 0 Å². The van der Waals surface area contributed by atoms with Crippen molar-refractivity contribution in [3.63, 3.8) is 0 Å². The van der Waals surface area contributed by atoms with Crippen LogP contribution in [0, 0.1) is 5.92 Å². The van der Waals surface area contributed by atoms with Gasteiger partial charge in [0.05, 0.1) is 6.54 Å². The maximum atomic E-state index is 10.9. The van der Waals surface area contributed by atoms with Gasteiger partial charge in [0, 0.05) is 13.1 Å². The number of aryl methyl sites for hydroxylation is 1. The molecule has 0 amide bonds. The van der Waals surface area contributed by atoms with Gasteiger partial charge in [-0.15, -0.1) is 0 Å². The maximum Gasteiger partial charge on any atom is 0.317 e. The lowest BCUT2D eigenvalue weighted by Crippen LogP contribution is -2.31. The van der Waals surface area contributed by atoms with Crippen molar-refractivity contribution in [3.05, 3.63) is 35.4 Å². The Bertz CT molecular complexity index is 413. The van der Waals surface area contributed by atoms with Crippen molar-refractivity contribution in [3.8, 4) is 0 Å². The van der Waals surface area contributed by atoms with Gasteiger partial charge in [-0.25, -0.2) is 0 Å². The maximum absolute atomic E-state index is 10.9. The first-order valence-electron chi connectivity index (χ1n) is 6.70. The van der Waals surface area contributed by atoms with E-state index in [1.807, 2.05) is 12.1 Å². The fourth-order valence-electron chi connectivity index (χ4n) is 2.34. The monoisotopic (exact) mass is 247 g/mol. The highest BCUT2D eigenvalue weighted by atomic mass is 16.4. The van der Waals surface area contributed by atoms with Crippen molar-refractivity contribution in [2.75, 3.05) is 13.1 Å². The normalized spacial score (nSPS) is 15.0. The summed E-state index contributed by atoms with van der Waals surface area (Å²) in [4.78, 5) is 13.0. The van der Waals surface area contributed by atoms with E-state index < -0.39 is 5.97 Å². The zero-order valence-electron chi connectivity index (χ0n) is 10.9. The number of nitrogens with zero attached hydrogens (tertiary/aromatic N) is 1. The minimum absolute atomic E-state index is 0.147. The Morgan fingerprint density at radius 1 is 1.33 bits per heavy atom. The summed E-state index contributed by atoms with van der Waals surface area (Å²) in [5.41, 5.74) is 2.59. The molecule has 1 aromatic carbocycles. The van der Waals surface area contributed by atoms with Gasteiger partial charge in [-0.05, 0) is 36.3 Å². The molecule has 1 aliphatic carbocycles. The first kappa shape index (κ1) is 13.1. The molecule has 0 atom stereocenters. The van der Waals surface area contributed by atoms with Gasteiger partial charge in [0.1, 0.15) is 0 Å². The Balaban J connectivity index is 2.03. The van der Waals surface area contributed by atoms with Crippen LogP contribution >= 0.6 is 0 Å². The first-order valence-corrected chi connectivity index (χ1v) is 6.70. The second-order valence-electron chi connectivity index (χ2n) is 5.13. The van der Waals surface area contributed by atoms with Crippen LogP contribution in [0.5, 0.6) is 0 Å². The highest BCUT2D eigenvalue weighted by Gasteiger charge is 2.25. The second-order valence-corrected chi connectivity index (χ2v) is 5.13. The standard InChI is InChI=1S/C15H21NO2/c1-2-13-5-3-4-6-14(13)10-16(11-15(17)18)9-12-7-8-12/h3-6,12H,2,7-11H2,1H3,(H,17,18). The first-order chi connectivity index (χ1) is 8.69. The van der Waals surface area contributed by atoms with Gasteiger partial charge in [0.15, 0.2) is 0 Å². The zero-order chi connectivity index (χ0) is 13.0. The molecule has 0 aromatic heterocycles. The van der Waals surface area contributed by atoms with Crippen molar-refractivity contribution >= 4 is 5.97 Å². The van der Waals surface area contributed by atoms with E-state index in [1.165, 1.54) is 24.0 Å². The van der Waals surface area contributed by atoms with E-state index >= 15 is 0 Å². The van der Waals surface area contributed by atoms with E-state index in [0.29, 0.717) is 0 Å². The van der Waals surface area contributed by atoms with Crippen LogP contribution in [-0.2, 0) is 17.8 Å². The van der Waals surface area contributed by atoms with Crippen molar-refractivity contribution < 1.29 is 9.90 Å². The molecule has 1 fully saturated rings. The number of carboxylic acid groups (broad SMARTS) is 1. The predicted molar refractivity (Wildman–Crippen MR) is 71.5 cm³/mol. The number of aliphatic carboxylic acids is 1. The molecule has 3 nitrogen and oxygen atoms in total. The number of carboxylic acids is 1. The van der Waals surface area contributed by atoms with Gasteiger partial charge in [-0.3, -0.25) is 9.69 Å². The molecule has 0 bridgehead atoms. The molecule has 98 valence electrons. The van der Waals surface area contributed by atoms with E-state index in [0.717, 1.165) is 25.4 Å². The lowest BCUT2D eigenvalue weighted by atomic mass is 10.0. The lowest BCUT2D eigenvalue weighted by molar-refractivity contribution is -0.138. The highest BCUT2D eigenvalue weighted by Crippen LogP contribution is 2.30. The van der Waals surface area contributed by atoms with E-state index in [1.54, 1.807) is 0 Å². The molecular weight excluding hydrogens is 226 g/mol. The Hall–Kier alpha value is -1.35. The third-order valence-corrected chi connectivity index (χ3v) is 3.47. The Morgan fingerprint density at radius 2 is 2.00 bits per heavy atom. The summed E-state index contributed by atoms with van der Waals surface area (Å²) in [6.45, 7) is 3.97. The van der Waals surface area contributed by atoms with Gasteiger partial charge in [-0.2, -0.15) is 0 Å². The summed E-state index contributed by atoms with van der Waals surface area (Å²) in [6, 6.07) is 8.32. The largest absolute Gasteiger partial charge is 0.480 e. The summed E-state index contributed by atoms with van der Waals surface area (Å²) in [6.07, 6.45) is 3.51. The summed E-state index contributed by atoms with van der Waals surface area (Å²) >= 11 is 0. The lowest BCUT2D eigenvalue weighted by Gasteiger charge is -2.21. The fraction of sp³-hybridized carbons (Fsp3) is 0.533. The molecule has 1 aromatic rings. The molecular formula is C15H21NO2. The molecule has 0 radical (unpaired) electrons. The Kier molecular flexibility index (Phi) is 4.37. The molecule has 0 unspecified atom stereocenters. The minimum Gasteiger partial charge on any atom is -0.480 e. The molecule has 1 aliphatic rings. The van der Waals surface area contributed by atoms with Crippen molar-refractivity contribution in [1.82, 2.24) is 4.90 Å². The van der Waals surface area contributed by atoms with Crippen molar-refractivity contribution in [2.24, 2.45) is 5.92 Å². The molecule has 2 rings (SSSR count). The van der Waals surface area contributed by atoms with Gasteiger partial charge < -0.3 is 5.11 Å². The Morgan fingerprint density at radius 3 is 2.56 bits per heavy atom. The van der Waals surface area contributed by atoms with Crippen LogP contribution in [0.3, 0.4) is 0 Å². The molecule has 0 heterocycles. The average Bonchev–Trinajstić information content (AvgIpc) is 3.12. The smallest absolute Gasteiger partial charge is 0.317 e. The summed E-state index contributed by atoms with van der Waals surface area (Å²) in [5, 5.41) is 8.98. The van der Waals surface area contributed by atoms with E-state index in [-0.39, 0.29) is 6.54 Å². The highest BCUT2D eigenvalue weighted by molar-refractivity contribution is 5.69. The van der Waals surface area contributed by atoms with Crippen LogP contribution in [0.25, 0.3) is 0 Å². The molecule has 0 spiro atoms. The van der Waals surface area contributed by atoms with Gasteiger partial charge in [0.2, 0.25) is 0 Å². The third kappa shape index (κ3) is 3.84. The molecule has 18 heavy (non-hydrogen) atoms. The number of hydrogen-bond acceptors (Lipinski definition) is 2. The molecule has 1 N–H and O–H groups in total. The van der Waals surface area contributed by atoms with Gasteiger partial charge in [0.25, 0.3) is 0 Å². The minimum atomic E-state index is -0.732. The summed E-state index contributed by atoms with van der Waals surface area (Å²) in [7, 11) is 0. The van der Waals surface area contributed by atoms with Crippen molar-refractivity contribution in [1.29, 1.82) is 0 Å². The van der Waals surface area contributed by atoms with Crippen LogP contribution < -0.4 is 0 Å². The fourth-order valence-corrected chi connectivity index (χ4v) is 2.34. The second kappa shape index (κ2) is 6.01. The molecule has 0 saturated heterocycles. The number of benzene rings is 1. The quantitative estimate of drug-likeness (QED) is 0.805. The van der Waals surface area contributed by atoms with E-state index in [2.05, 4.69) is 24.0 Å². The van der Waals surface area contributed by atoms with Crippen LogP contribution in [0.15, 0.2) is 24.3 Å². The van der Waals surface area contributed by atoms with Gasteiger partial charge in [-0.1, -0.05) is 31.2 Å². The SMILES string of the molecule is CCc1ccccc1CN(CC(=O)O)CC1CC1. The van der Waals surface area contributed by atoms with Gasteiger partial charge >= 0.3 is 5.97 Å². The van der Waals surface area contributed by atoms with Crippen LogP contribution in [-0.4, -0.2) is 29.1 Å². The molecule has 1 saturated carbocycles. The molecule has 3 heteroatoms. The predicted octanol–water partition coefficient (Wildman–Crippen LogP) is 2.55. The Labute approximate surface area is 108 Å². The van der Waals surface area contributed by atoms with Crippen LogP contribution in [0.1, 0.15) is 30.9 Å². The topological polar surface area (TPSA) is 40.5 Å². The number of hydrogen-bond donors (Lipinski definition) is 1. The number of carbonyl (C=O) groups is 1. The van der Waals surface area contributed by atoms with E-state index in [4.69, 9.17) is 5.11 Å². The summed E-state index contributed by atoms with van der Waals surface area (Å²) in [5.74, 6) is -0.0113. The zero-order valence-corrected chi connectivity index (χ0v) is 10.9. The van der Waals surface area contributed by atoms with E-state index in [9.17, 15) is 4.79 Å². The molecule has 0 aliphatic heterocycles. The summed E-state index contributed by atoms with van der Waals surface area (Å²) < 4.78 is 0.